The molecule has 1 fully saturated rings. The Balaban J connectivity index is 1.58. The van der Waals surface area contributed by atoms with Gasteiger partial charge in [-0.15, -0.1) is 13.2 Å². The van der Waals surface area contributed by atoms with E-state index in [1.807, 2.05) is 60.7 Å². The van der Waals surface area contributed by atoms with Gasteiger partial charge in [0.25, 0.3) is 0 Å². The molecule has 0 spiro atoms. The van der Waals surface area contributed by atoms with E-state index < -0.39 is 27.7 Å². The fourth-order valence-corrected chi connectivity index (χ4v) is 5.55. The first-order valence-corrected chi connectivity index (χ1v) is 11.9. The molecule has 0 aromatic heterocycles. The van der Waals surface area contributed by atoms with Crippen molar-refractivity contribution in [3.63, 3.8) is 0 Å². The number of likely N-dealkylation sites (tertiary alicyclic amines) is 1. The van der Waals surface area contributed by atoms with Gasteiger partial charge in [-0.1, -0.05) is 60.7 Å². The number of benzene rings is 3. The highest BCUT2D eigenvalue weighted by Crippen LogP contribution is 2.35. The Morgan fingerprint density at radius 1 is 0.909 bits per heavy atom. The Kier molecular flexibility index (Phi) is 6.47. The standard InChI is InChI=1S/C24H23F3N2O3S/c25-24(26,27)32-21-11-13-22(14-12-21)33(30,31)28-23(20-9-5-2-6-10-20)15-16-29(18-23)17-19-7-3-1-4-8-19/h1-14,28H,15-18H2/t23-/m1/s1. The maximum absolute atomic E-state index is 13.2. The van der Waals surface area contributed by atoms with Crippen molar-refractivity contribution in [1.29, 1.82) is 0 Å². The van der Waals surface area contributed by atoms with Gasteiger partial charge in [0.1, 0.15) is 5.75 Å². The molecule has 33 heavy (non-hydrogen) atoms. The number of sulfonamides is 1. The van der Waals surface area contributed by atoms with Crippen molar-refractivity contribution in [2.45, 2.75) is 29.8 Å². The van der Waals surface area contributed by atoms with E-state index in [0.717, 1.165) is 35.4 Å². The van der Waals surface area contributed by atoms with E-state index in [-0.39, 0.29) is 4.90 Å². The van der Waals surface area contributed by atoms with Gasteiger partial charge in [0.15, 0.2) is 0 Å². The lowest BCUT2D eigenvalue weighted by molar-refractivity contribution is -0.274. The normalized spacial score (nSPS) is 19.5. The Morgan fingerprint density at radius 3 is 2.12 bits per heavy atom. The summed E-state index contributed by atoms with van der Waals surface area (Å²) in [6, 6.07) is 23.5. The van der Waals surface area contributed by atoms with Crippen LogP contribution in [0.2, 0.25) is 0 Å². The van der Waals surface area contributed by atoms with Gasteiger partial charge in [0.2, 0.25) is 10.0 Å². The van der Waals surface area contributed by atoms with Crippen LogP contribution >= 0.6 is 0 Å². The van der Waals surface area contributed by atoms with Gasteiger partial charge in [0, 0.05) is 19.6 Å². The predicted molar refractivity (Wildman–Crippen MR) is 118 cm³/mol. The van der Waals surface area contributed by atoms with E-state index in [1.165, 1.54) is 0 Å². The van der Waals surface area contributed by atoms with Gasteiger partial charge >= 0.3 is 6.36 Å². The number of alkyl halides is 3. The number of hydrogen-bond donors (Lipinski definition) is 1. The highest BCUT2D eigenvalue weighted by Gasteiger charge is 2.43. The first-order chi connectivity index (χ1) is 15.7. The molecular formula is C24H23F3N2O3S. The number of rotatable bonds is 7. The quantitative estimate of drug-likeness (QED) is 0.539. The number of halogens is 3. The Bertz CT molecular complexity index is 1170. The summed E-state index contributed by atoms with van der Waals surface area (Å²) in [6.07, 6.45) is -4.29. The van der Waals surface area contributed by atoms with Gasteiger partial charge in [-0.3, -0.25) is 4.90 Å². The molecule has 1 heterocycles. The average Bonchev–Trinajstić information content (AvgIpc) is 3.17. The predicted octanol–water partition coefficient (Wildman–Crippen LogP) is 4.66. The van der Waals surface area contributed by atoms with E-state index in [2.05, 4.69) is 14.4 Å². The lowest BCUT2D eigenvalue weighted by Crippen LogP contribution is -2.47. The Morgan fingerprint density at radius 2 is 1.52 bits per heavy atom. The van der Waals surface area contributed by atoms with Crippen molar-refractivity contribution in [1.82, 2.24) is 9.62 Å². The fourth-order valence-electron chi connectivity index (χ4n) is 4.14. The minimum atomic E-state index is -4.85. The number of nitrogens with one attached hydrogen (secondary N) is 1. The summed E-state index contributed by atoms with van der Waals surface area (Å²) in [5.74, 6) is -0.478. The van der Waals surface area contributed by atoms with E-state index in [4.69, 9.17) is 0 Å². The molecule has 9 heteroatoms. The van der Waals surface area contributed by atoms with Gasteiger partial charge in [0.05, 0.1) is 10.4 Å². The minimum absolute atomic E-state index is 0.131. The Labute approximate surface area is 190 Å². The molecule has 1 N–H and O–H groups in total. The van der Waals surface area contributed by atoms with Crippen LogP contribution in [0.5, 0.6) is 5.75 Å². The van der Waals surface area contributed by atoms with Crippen LogP contribution in [0.3, 0.4) is 0 Å². The second-order valence-electron chi connectivity index (χ2n) is 8.02. The van der Waals surface area contributed by atoms with Crippen molar-refractivity contribution < 1.29 is 26.3 Å². The smallest absolute Gasteiger partial charge is 0.406 e. The molecule has 4 rings (SSSR count). The first-order valence-electron chi connectivity index (χ1n) is 10.4. The zero-order valence-electron chi connectivity index (χ0n) is 17.6. The highest BCUT2D eigenvalue weighted by molar-refractivity contribution is 7.89. The Hall–Kier alpha value is -2.88. The third-order valence-corrected chi connectivity index (χ3v) is 7.17. The molecule has 0 bridgehead atoms. The van der Waals surface area contributed by atoms with Crippen molar-refractivity contribution in [3.05, 3.63) is 96.1 Å². The van der Waals surface area contributed by atoms with E-state index in [9.17, 15) is 21.6 Å². The zero-order valence-corrected chi connectivity index (χ0v) is 18.4. The third-order valence-electron chi connectivity index (χ3n) is 5.62. The maximum Gasteiger partial charge on any atom is 0.573 e. The van der Waals surface area contributed by atoms with Gasteiger partial charge in [-0.2, -0.15) is 4.72 Å². The molecule has 174 valence electrons. The molecule has 0 radical (unpaired) electrons. The van der Waals surface area contributed by atoms with Crippen molar-refractivity contribution in [3.8, 4) is 5.75 Å². The van der Waals surface area contributed by atoms with Crippen LogP contribution in [0.1, 0.15) is 17.5 Å². The van der Waals surface area contributed by atoms with Crippen LogP contribution in [0.15, 0.2) is 89.8 Å². The molecule has 1 aliphatic rings. The summed E-state index contributed by atoms with van der Waals surface area (Å²) in [6.45, 7) is 1.83. The second-order valence-corrected chi connectivity index (χ2v) is 9.70. The van der Waals surface area contributed by atoms with Crippen LogP contribution < -0.4 is 9.46 Å². The molecule has 3 aromatic rings. The molecule has 5 nitrogen and oxygen atoms in total. The summed E-state index contributed by atoms with van der Waals surface area (Å²) >= 11 is 0. The number of nitrogens with zero attached hydrogens (tertiary/aromatic N) is 1. The topological polar surface area (TPSA) is 58.6 Å². The molecular weight excluding hydrogens is 453 g/mol. The van der Waals surface area contributed by atoms with Crippen molar-refractivity contribution in [2.75, 3.05) is 13.1 Å². The summed E-state index contributed by atoms with van der Waals surface area (Å²) in [4.78, 5) is 2.05. The molecule has 0 amide bonds. The zero-order chi connectivity index (χ0) is 23.5. The van der Waals surface area contributed by atoms with E-state index in [1.54, 1.807) is 0 Å². The van der Waals surface area contributed by atoms with E-state index in [0.29, 0.717) is 26.1 Å². The van der Waals surface area contributed by atoms with Crippen LogP contribution in [0.4, 0.5) is 13.2 Å². The van der Waals surface area contributed by atoms with Crippen LogP contribution in [-0.2, 0) is 22.1 Å². The van der Waals surface area contributed by atoms with Gasteiger partial charge in [-0.05, 0) is 41.8 Å². The fraction of sp³-hybridized carbons (Fsp3) is 0.250. The third kappa shape index (κ3) is 5.73. The molecule has 0 saturated carbocycles. The SMILES string of the molecule is O=S(=O)(N[C@]1(c2ccccc2)CCN(Cc2ccccc2)C1)c1ccc(OC(F)(F)F)cc1. The van der Waals surface area contributed by atoms with Crippen molar-refractivity contribution >= 4 is 10.0 Å². The van der Waals surface area contributed by atoms with Crippen molar-refractivity contribution in [2.24, 2.45) is 0 Å². The first kappa shape index (κ1) is 23.3. The lowest BCUT2D eigenvalue weighted by atomic mass is 9.90. The molecule has 0 aliphatic carbocycles. The summed E-state index contributed by atoms with van der Waals surface area (Å²) in [5.41, 5.74) is 1.10. The lowest BCUT2D eigenvalue weighted by Gasteiger charge is -2.31. The van der Waals surface area contributed by atoms with Gasteiger partial charge < -0.3 is 4.74 Å². The molecule has 3 aromatic carbocycles. The summed E-state index contributed by atoms with van der Waals surface area (Å²) in [5, 5.41) is 0. The molecule has 1 aliphatic heterocycles. The average molecular weight is 477 g/mol. The minimum Gasteiger partial charge on any atom is -0.406 e. The summed E-state index contributed by atoms with van der Waals surface area (Å²) in [7, 11) is -4.02. The van der Waals surface area contributed by atoms with E-state index >= 15 is 0 Å². The van der Waals surface area contributed by atoms with Crippen LogP contribution in [0.25, 0.3) is 0 Å². The highest BCUT2D eigenvalue weighted by atomic mass is 32.2. The maximum atomic E-state index is 13.2. The monoisotopic (exact) mass is 476 g/mol. The number of ether oxygens (including phenoxy) is 1. The summed E-state index contributed by atoms with van der Waals surface area (Å²) < 4.78 is 70.4. The van der Waals surface area contributed by atoms with Crippen LogP contribution in [0, 0.1) is 0 Å². The second kappa shape index (κ2) is 9.17. The molecule has 1 atom stereocenters. The largest absolute Gasteiger partial charge is 0.573 e. The van der Waals surface area contributed by atoms with Gasteiger partial charge in [-0.25, -0.2) is 8.42 Å². The molecule has 1 saturated heterocycles. The number of hydrogen-bond acceptors (Lipinski definition) is 4. The molecule has 0 unspecified atom stereocenters. The van der Waals surface area contributed by atoms with Crippen LogP contribution in [-0.4, -0.2) is 32.8 Å².